The van der Waals surface area contributed by atoms with Crippen molar-refractivity contribution in [1.29, 1.82) is 0 Å². The lowest BCUT2D eigenvalue weighted by molar-refractivity contribution is -0.159. The number of nitrogens with zero attached hydrogens (tertiary/aromatic N) is 3. The molecular weight excluding hydrogens is 321 g/mol. The van der Waals surface area contributed by atoms with Crippen molar-refractivity contribution in [3.05, 3.63) is 46.3 Å². The summed E-state index contributed by atoms with van der Waals surface area (Å²) < 4.78 is 19.6. The summed E-state index contributed by atoms with van der Waals surface area (Å²) in [5.41, 5.74) is 4.45. The average molecular weight is 335 g/mol. The van der Waals surface area contributed by atoms with Gasteiger partial charge in [0, 0.05) is 16.7 Å². The predicted octanol–water partition coefficient (Wildman–Crippen LogP) is 1.58. The molecule has 1 aromatic carbocycles. The molecule has 0 radical (unpaired) electrons. The predicted molar refractivity (Wildman–Crippen MR) is 77.2 cm³/mol. The van der Waals surface area contributed by atoms with Crippen LogP contribution in [0, 0.1) is 11.8 Å². The van der Waals surface area contributed by atoms with Gasteiger partial charge in [0.05, 0.1) is 6.10 Å². The second-order valence-electron chi connectivity index (χ2n) is 5.99. The van der Waals surface area contributed by atoms with E-state index in [4.69, 9.17) is 15.4 Å². The van der Waals surface area contributed by atoms with Crippen molar-refractivity contribution >= 4 is 11.9 Å². The van der Waals surface area contributed by atoms with Gasteiger partial charge in [-0.15, -0.1) is 0 Å². The lowest BCUT2D eigenvalue weighted by atomic mass is 9.88. The summed E-state index contributed by atoms with van der Waals surface area (Å²) in [4.78, 5) is 26.2. The Kier molecular flexibility index (Phi) is 3.70. The highest BCUT2D eigenvalue weighted by Crippen LogP contribution is 2.68. The van der Waals surface area contributed by atoms with E-state index in [1.807, 2.05) is 0 Å². The summed E-state index contributed by atoms with van der Waals surface area (Å²) in [6, 6.07) is 8.60. The first kappa shape index (κ1) is 16.2. The standard InChI is InChI=1S/C15H14FN3O5/c16-14(12(21)22)9-6-10(20)15(11(9)14,18-19-17)13(23)24-7-8-4-2-1-3-5-8/h1-5,9-11,20H,6-7H2,(H,21,22)/t9-,10-,11+,14-,15+/m1/s1. The van der Waals surface area contributed by atoms with E-state index >= 15 is 0 Å². The quantitative estimate of drug-likeness (QED) is 0.365. The van der Waals surface area contributed by atoms with Gasteiger partial charge in [0.25, 0.3) is 0 Å². The number of rotatable bonds is 5. The largest absolute Gasteiger partial charge is 0.479 e. The Morgan fingerprint density at radius 2 is 2.08 bits per heavy atom. The Hall–Kier alpha value is -2.64. The smallest absolute Gasteiger partial charge is 0.342 e. The van der Waals surface area contributed by atoms with Crippen LogP contribution in [0.25, 0.3) is 10.4 Å². The van der Waals surface area contributed by atoms with Crippen LogP contribution in [0.5, 0.6) is 0 Å². The molecule has 0 unspecified atom stereocenters. The van der Waals surface area contributed by atoms with E-state index in [-0.39, 0.29) is 13.0 Å². The second-order valence-corrected chi connectivity index (χ2v) is 5.99. The number of hydrogen-bond acceptors (Lipinski definition) is 5. The minimum atomic E-state index is -2.70. The molecule has 0 amide bonds. The first-order valence-corrected chi connectivity index (χ1v) is 7.26. The van der Waals surface area contributed by atoms with Crippen molar-refractivity contribution in [1.82, 2.24) is 0 Å². The fourth-order valence-corrected chi connectivity index (χ4v) is 3.62. The van der Waals surface area contributed by atoms with Crippen LogP contribution in [0.3, 0.4) is 0 Å². The van der Waals surface area contributed by atoms with Crippen molar-refractivity contribution in [3.8, 4) is 0 Å². The third kappa shape index (κ3) is 2.05. The Balaban J connectivity index is 1.87. The molecule has 0 spiro atoms. The summed E-state index contributed by atoms with van der Waals surface area (Å²) in [6.07, 6.45) is -1.78. The summed E-state index contributed by atoms with van der Waals surface area (Å²) >= 11 is 0. The topological polar surface area (TPSA) is 133 Å². The first-order chi connectivity index (χ1) is 11.4. The first-order valence-electron chi connectivity index (χ1n) is 7.26. The number of aliphatic hydroxyl groups is 1. The van der Waals surface area contributed by atoms with E-state index in [1.54, 1.807) is 30.3 Å². The van der Waals surface area contributed by atoms with Gasteiger partial charge in [0.15, 0.2) is 5.54 Å². The van der Waals surface area contributed by atoms with Gasteiger partial charge in [-0.1, -0.05) is 35.4 Å². The molecule has 8 nitrogen and oxygen atoms in total. The Bertz CT molecular complexity index is 738. The van der Waals surface area contributed by atoms with E-state index in [1.165, 1.54) is 0 Å². The van der Waals surface area contributed by atoms with Crippen molar-refractivity contribution in [2.45, 2.75) is 30.3 Å². The lowest BCUT2D eigenvalue weighted by Crippen LogP contribution is -2.51. The highest BCUT2D eigenvalue weighted by molar-refractivity contribution is 5.91. The van der Waals surface area contributed by atoms with Crippen LogP contribution in [0.15, 0.2) is 35.4 Å². The normalized spacial score (nSPS) is 36.3. The lowest BCUT2D eigenvalue weighted by Gasteiger charge is -2.29. The Morgan fingerprint density at radius 1 is 1.42 bits per heavy atom. The van der Waals surface area contributed by atoms with Gasteiger partial charge >= 0.3 is 11.9 Å². The van der Waals surface area contributed by atoms with Gasteiger partial charge in [0.1, 0.15) is 6.61 Å². The maximum Gasteiger partial charge on any atom is 0.342 e. The molecule has 0 bridgehead atoms. The number of hydrogen-bond donors (Lipinski definition) is 2. The SMILES string of the molecule is [N-]=[N+]=N[C@@]1(C(=O)OCc2ccccc2)[C@H](O)C[C@@H]2[C@H]1[C@@]2(F)C(=O)O. The van der Waals surface area contributed by atoms with Crippen LogP contribution in [0.4, 0.5) is 4.39 Å². The molecule has 2 fully saturated rings. The molecule has 9 heteroatoms. The van der Waals surface area contributed by atoms with Gasteiger partial charge in [-0.2, -0.15) is 0 Å². The molecule has 2 N–H and O–H groups in total. The maximum absolute atomic E-state index is 14.5. The fraction of sp³-hybridized carbons (Fsp3) is 0.467. The highest BCUT2D eigenvalue weighted by atomic mass is 19.1. The molecule has 0 heterocycles. The molecular formula is C15H14FN3O5. The third-order valence-electron chi connectivity index (χ3n) is 4.82. The van der Waals surface area contributed by atoms with Crippen LogP contribution in [0.2, 0.25) is 0 Å². The molecule has 2 aliphatic carbocycles. The van der Waals surface area contributed by atoms with E-state index in [0.717, 1.165) is 0 Å². The van der Waals surface area contributed by atoms with Crippen molar-refractivity contribution < 1.29 is 28.9 Å². The molecule has 1 aromatic rings. The summed E-state index contributed by atoms with van der Waals surface area (Å²) in [7, 11) is 0. The van der Waals surface area contributed by atoms with Gasteiger partial charge in [-0.25, -0.2) is 9.18 Å². The molecule has 2 saturated carbocycles. The van der Waals surface area contributed by atoms with Crippen molar-refractivity contribution in [3.63, 3.8) is 0 Å². The third-order valence-corrected chi connectivity index (χ3v) is 4.82. The number of halogens is 1. The summed E-state index contributed by atoms with van der Waals surface area (Å²) in [5, 5.41) is 22.5. The van der Waals surface area contributed by atoms with Crippen LogP contribution in [-0.2, 0) is 20.9 Å². The minimum Gasteiger partial charge on any atom is -0.479 e. The summed E-state index contributed by atoms with van der Waals surface area (Å²) in [5.74, 6) is -5.38. The van der Waals surface area contributed by atoms with Gasteiger partial charge < -0.3 is 14.9 Å². The zero-order valence-electron chi connectivity index (χ0n) is 12.4. The van der Waals surface area contributed by atoms with E-state index < -0.39 is 41.1 Å². The molecule has 0 saturated heterocycles. The number of carboxylic acids is 1. The highest BCUT2D eigenvalue weighted by Gasteiger charge is 2.85. The number of aliphatic hydroxyl groups excluding tert-OH is 1. The monoisotopic (exact) mass is 335 g/mol. The Labute approximate surface area is 135 Å². The zero-order valence-corrected chi connectivity index (χ0v) is 12.4. The van der Waals surface area contributed by atoms with Crippen LogP contribution in [-0.4, -0.2) is 39.5 Å². The van der Waals surface area contributed by atoms with Crippen LogP contribution in [0.1, 0.15) is 12.0 Å². The molecule has 5 atom stereocenters. The molecule has 24 heavy (non-hydrogen) atoms. The van der Waals surface area contributed by atoms with Crippen molar-refractivity contribution in [2.24, 2.45) is 17.0 Å². The molecule has 0 aromatic heterocycles. The number of ether oxygens (including phenoxy) is 1. The average Bonchev–Trinajstić information content (AvgIpc) is 3.03. The number of carbonyl (C=O) groups is 2. The van der Waals surface area contributed by atoms with E-state index in [2.05, 4.69) is 10.0 Å². The molecule has 126 valence electrons. The zero-order chi connectivity index (χ0) is 17.5. The Morgan fingerprint density at radius 3 is 2.67 bits per heavy atom. The summed E-state index contributed by atoms with van der Waals surface area (Å²) in [6.45, 7) is -0.168. The molecule has 0 aliphatic heterocycles. The number of alkyl halides is 1. The minimum absolute atomic E-state index is 0.168. The fourth-order valence-electron chi connectivity index (χ4n) is 3.62. The van der Waals surface area contributed by atoms with Gasteiger partial charge in [-0.3, -0.25) is 4.79 Å². The van der Waals surface area contributed by atoms with Crippen LogP contribution >= 0.6 is 0 Å². The van der Waals surface area contributed by atoms with Gasteiger partial charge in [0.2, 0.25) is 5.67 Å². The number of azide groups is 1. The maximum atomic E-state index is 14.5. The number of carboxylic acid groups (broad SMARTS) is 1. The van der Waals surface area contributed by atoms with Crippen molar-refractivity contribution in [2.75, 3.05) is 0 Å². The molecule has 2 aliphatic rings. The van der Waals surface area contributed by atoms with E-state index in [0.29, 0.717) is 5.56 Å². The number of fused-ring (bicyclic) bond motifs is 1. The number of carbonyl (C=O) groups excluding carboxylic acids is 1. The van der Waals surface area contributed by atoms with Gasteiger partial charge in [-0.05, 0) is 17.5 Å². The van der Waals surface area contributed by atoms with Crippen LogP contribution < -0.4 is 0 Å². The number of aliphatic carboxylic acids is 1. The molecule has 3 rings (SSSR count). The number of esters is 1. The second kappa shape index (κ2) is 5.47. The van der Waals surface area contributed by atoms with E-state index in [9.17, 15) is 19.1 Å². The number of benzene rings is 1.